The molecule has 0 aliphatic carbocycles. The van der Waals surface area contributed by atoms with Gasteiger partial charge in [0.1, 0.15) is 18.2 Å². The lowest BCUT2D eigenvalue weighted by Gasteiger charge is -2.32. The first-order chi connectivity index (χ1) is 13.1. The van der Waals surface area contributed by atoms with Crippen LogP contribution in [0.15, 0.2) is 46.4 Å². The molecule has 0 aromatic heterocycles. The first kappa shape index (κ1) is 21.8. The van der Waals surface area contributed by atoms with Crippen LogP contribution in [-0.4, -0.2) is 40.4 Å². The van der Waals surface area contributed by atoms with Gasteiger partial charge in [-0.2, -0.15) is 0 Å². The zero-order valence-corrected chi connectivity index (χ0v) is 17.9. The Kier molecular flexibility index (Phi) is 6.77. The van der Waals surface area contributed by atoms with Crippen LogP contribution in [0.2, 0.25) is 0 Å². The van der Waals surface area contributed by atoms with Gasteiger partial charge in [-0.3, -0.25) is 0 Å². The van der Waals surface area contributed by atoms with Crippen molar-refractivity contribution in [2.24, 2.45) is 10.1 Å². The van der Waals surface area contributed by atoms with Gasteiger partial charge in [0.2, 0.25) is 11.6 Å². The summed E-state index contributed by atoms with van der Waals surface area (Å²) in [6.07, 6.45) is 3.39. The molecule has 0 fully saturated rings. The summed E-state index contributed by atoms with van der Waals surface area (Å²) in [7, 11) is 0. The third-order valence-corrected chi connectivity index (χ3v) is 5.11. The van der Waals surface area contributed by atoms with E-state index < -0.39 is 10.8 Å². The monoisotopic (exact) mass is 405 g/mol. The number of hydrogen-bond acceptors (Lipinski definition) is 7. The normalized spacial score (nSPS) is 20.0. The molecule has 8 heteroatoms. The summed E-state index contributed by atoms with van der Waals surface area (Å²) in [6.45, 7) is 10.1. The average molecular weight is 406 g/mol. The quantitative estimate of drug-likeness (QED) is 0.530. The lowest BCUT2D eigenvalue weighted by Crippen LogP contribution is -2.54. The van der Waals surface area contributed by atoms with Crippen LogP contribution >= 0.6 is 11.8 Å². The Morgan fingerprint density at radius 1 is 1.39 bits per heavy atom. The first-order valence-electron chi connectivity index (χ1n) is 8.95. The summed E-state index contributed by atoms with van der Waals surface area (Å²) >= 11 is 1.27. The molecule has 0 saturated heterocycles. The topological polar surface area (TPSA) is 92.5 Å². The Morgan fingerprint density at radius 2 is 2.11 bits per heavy atom. The van der Waals surface area contributed by atoms with Gasteiger partial charge in [0.25, 0.3) is 0 Å². The fourth-order valence-electron chi connectivity index (χ4n) is 2.63. The van der Waals surface area contributed by atoms with Crippen LogP contribution in [0.4, 0.5) is 0 Å². The number of aliphatic imine (C=N–C) groups is 1. The van der Waals surface area contributed by atoms with Crippen molar-refractivity contribution in [1.29, 1.82) is 0 Å². The summed E-state index contributed by atoms with van der Waals surface area (Å²) < 4.78 is 5.98. The Hall–Kier alpha value is -2.48. The smallest absolute Gasteiger partial charge is 0.357 e. The molecule has 0 bridgehead atoms. The second-order valence-corrected chi connectivity index (χ2v) is 8.34. The largest absolute Gasteiger partial charge is 0.477 e. The molecule has 152 valence electrons. The van der Waals surface area contributed by atoms with E-state index in [1.165, 1.54) is 11.8 Å². The molecule has 1 aromatic carbocycles. The van der Waals surface area contributed by atoms with Crippen LogP contribution in [0, 0.1) is 0 Å². The first-order valence-corrected chi connectivity index (χ1v) is 10.2. The molecule has 2 N–H and O–H groups in total. The molecule has 0 amide bonds. The van der Waals surface area contributed by atoms with E-state index in [4.69, 9.17) is 9.57 Å². The Balaban J connectivity index is 2.43. The third-order valence-electron chi connectivity index (χ3n) is 4.06. The SMILES string of the molecule is CCON=C(C(=O)O)C1(SC)C=C(Oc2cccc(C(C)(C)C)c2)N=C(C)N1. The minimum atomic E-state index is -1.18. The summed E-state index contributed by atoms with van der Waals surface area (Å²) in [6, 6.07) is 7.77. The number of oxime groups is 1. The average Bonchev–Trinajstić information content (AvgIpc) is 2.60. The number of hydrogen-bond donors (Lipinski definition) is 2. The van der Waals surface area contributed by atoms with Gasteiger partial charge in [0.05, 0.1) is 0 Å². The van der Waals surface area contributed by atoms with Gasteiger partial charge < -0.3 is 20.0 Å². The van der Waals surface area contributed by atoms with Crippen molar-refractivity contribution in [2.45, 2.75) is 44.9 Å². The number of carboxylic acid groups (broad SMARTS) is 1. The number of aliphatic carboxylic acids is 1. The number of ether oxygens (including phenoxy) is 1. The Morgan fingerprint density at radius 3 is 2.68 bits per heavy atom. The number of carboxylic acids is 1. The fourth-order valence-corrected chi connectivity index (χ4v) is 3.42. The fraction of sp³-hybridized carbons (Fsp3) is 0.450. The van der Waals surface area contributed by atoms with Crippen LogP contribution < -0.4 is 10.1 Å². The molecular weight excluding hydrogens is 378 g/mol. The highest BCUT2D eigenvalue weighted by Gasteiger charge is 2.42. The molecule has 1 aliphatic heterocycles. The van der Waals surface area contributed by atoms with Crippen molar-refractivity contribution in [3.8, 4) is 5.75 Å². The highest BCUT2D eigenvalue weighted by molar-refractivity contribution is 8.01. The Bertz CT molecular complexity index is 827. The molecule has 0 radical (unpaired) electrons. The van der Waals surface area contributed by atoms with Crippen LogP contribution in [0.25, 0.3) is 0 Å². The van der Waals surface area contributed by atoms with Crippen molar-refractivity contribution in [3.63, 3.8) is 0 Å². The molecule has 0 spiro atoms. The molecule has 28 heavy (non-hydrogen) atoms. The van der Waals surface area contributed by atoms with Gasteiger partial charge >= 0.3 is 5.97 Å². The molecule has 1 unspecified atom stereocenters. The van der Waals surface area contributed by atoms with Crippen molar-refractivity contribution in [3.05, 3.63) is 41.8 Å². The lowest BCUT2D eigenvalue weighted by atomic mass is 9.87. The summed E-state index contributed by atoms with van der Waals surface area (Å²) in [5, 5.41) is 16.6. The second kappa shape index (κ2) is 8.68. The molecule has 1 atom stereocenters. The molecular formula is C20H27N3O4S. The van der Waals surface area contributed by atoms with Crippen LogP contribution in [-0.2, 0) is 15.0 Å². The van der Waals surface area contributed by atoms with E-state index in [9.17, 15) is 9.90 Å². The number of rotatable bonds is 7. The molecule has 0 saturated carbocycles. The van der Waals surface area contributed by atoms with Gasteiger partial charge in [-0.15, -0.1) is 11.8 Å². The number of nitrogens with one attached hydrogen (secondary N) is 1. The van der Waals surface area contributed by atoms with Crippen LogP contribution in [0.5, 0.6) is 5.75 Å². The van der Waals surface area contributed by atoms with Gasteiger partial charge in [-0.1, -0.05) is 38.1 Å². The van der Waals surface area contributed by atoms with E-state index in [2.05, 4.69) is 36.2 Å². The van der Waals surface area contributed by atoms with E-state index >= 15 is 0 Å². The van der Waals surface area contributed by atoms with Crippen LogP contribution in [0.1, 0.15) is 40.2 Å². The minimum absolute atomic E-state index is 0.0231. The summed E-state index contributed by atoms with van der Waals surface area (Å²) in [5.41, 5.74) is 0.922. The molecule has 1 heterocycles. The zero-order chi connectivity index (χ0) is 20.9. The lowest BCUT2D eigenvalue weighted by molar-refractivity contribution is -0.129. The van der Waals surface area contributed by atoms with E-state index in [1.54, 1.807) is 26.2 Å². The maximum Gasteiger partial charge on any atom is 0.357 e. The highest BCUT2D eigenvalue weighted by atomic mass is 32.2. The van der Waals surface area contributed by atoms with Crippen molar-refractivity contribution >= 4 is 29.3 Å². The minimum Gasteiger partial charge on any atom is -0.477 e. The predicted molar refractivity (Wildman–Crippen MR) is 113 cm³/mol. The van der Waals surface area contributed by atoms with Crippen LogP contribution in [0.3, 0.4) is 0 Å². The Labute approximate surface area is 169 Å². The number of amidine groups is 1. The molecule has 7 nitrogen and oxygen atoms in total. The number of benzene rings is 1. The van der Waals surface area contributed by atoms with Gasteiger partial charge in [0, 0.05) is 6.08 Å². The maximum absolute atomic E-state index is 11.8. The predicted octanol–water partition coefficient (Wildman–Crippen LogP) is 3.76. The third kappa shape index (κ3) is 5.07. The van der Waals surface area contributed by atoms with Gasteiger partial charge in [-0.25, -0.2) is 9.79 Å². The summed E-state index contributed by atoms with van der Waals surface area (Å²) in [4.78, 5) is 20.1. The van der Waals surface area contributed by atoms with Crippen molar-refractivity contribution in [1.82, 2.24) is 5.32 Å². The number of carbonyl (C=O) groups is 1. The zero-order valence-electron chi connectivity index (χ0n) is 17.1. The summed E-state index contributed by atoms with van der Waals surface area (Å²) in [5.74, 6) is 0.257. The number of thioether (sulfide) groups is 1. The molecule has 2 rings (SSSR count). The van der Waals surface area contributed by atoms with Gasteiger partial charge in [-0.05, 0) is 43.2 Å². The van der Waals surface area contributed by atoms with E-state index in [0.29, 0.717) is 17.5 Å². The van der Waals surface area contributed by atoms with Crippen molar-refractivity contribution in [2.75, 3.05) is 12.9 Å². The van der Waals surface area contributed by atoms with Gasteiger partial charge in [0.15, 0.2) is 4.87 Å². The molecule has 1 aromatic rings. The van der Waals surface area contributed by atoms with E-state index in [-0.39, 0.29) is 17.7 Å². The van der Waals surface area contributed by atoms with E-state index in [1.807, 2.05) is 24.3 Å². The number of nitrogens with zero attached hydrogens (tertiary/aromatic N) is 2. The second-order valence-electron chi connectivity index (χ2n) is 7.29. The van der Waals surface area contributed by atoms with Crippen molar-refractivity contribution < 1.29 is 19.5 Å². The highest BCUT2D eigenvalue weighted by Crippen LogP contribution is 2.31. The molecule has 1 aliphatic rings. The maximum atomic E-state index is 11.8. The van der Waals surface area contributed by atoms with E-state index in [0.717, 1.165) is 5.56 Å². The standard InChI is InChI=1S/C20H27N3O4S/c1-7-26-23-17(18(24)25)20(28-6)12-16(21-13(2)22-20)27-15-10-8-9-14(11-15)19(3,4)5/h8-12H,7H2,1-6H3,(H,21,22)(H,24,25).